The van der Waals surface area contributed by atoms with E-state index in [1.165, 1.54) is 0 Å². The Balaban J connectivity index is 1.53. The predicted molar refractivity (Wildman–Crippen MR) is 114 cm³/mol. The van der Waals surface area contributed by atoms with Crippen molar-refractivity contribution in [2.24, 2.45) is 0 Å². The van der Waals surface area contributed by atoms with Crippen molar-refractivity contribution < 1.29 is 9.53 Å². The normalized spacial score (nSPS) is 15.9. The van der Waals surface area contributed by atoms with Crippen molar-refractivity contribution in [3.63, 3.8) is 0 Å². The van der Waals surface area contributed by atoms with Gasteiger partial charge in [0, 0.05) is 37.7 Å². The van der Waals surface area contributed by atoms with Crippen LogP contribution in [0.15, 0.2) is 48.5 Å². The fraction of sp³-hybridized carbons (Fsp3) is 0.409. The Bertz CT molecular complexity index is 791. The van der Waals surface area contributed by atoms with E-state index in [-0.39, 0.29) is 11.9 Å². The topological polar surface area (TPSA) is 44.8 Å². The second-order valence-electron chi connectivity index (χ2n) is 6.91. The summed E-state index contributed by atoms with van der Waals surface area (Å²) in [7, 11) is 0. The quantitative estimate of drug-likeness (QED) is 0.770. The van der Waals surface area contributed by atoms with Crippen molar-refractivity contribution in [3.8, 4) is 5.75 Å². The number of anilines is 1. The molecule has 1 fully saturated rings. The minimum atomic E-state index is -0.174. The van der Waals surface area contributed by atoms with E-state index in [0.29, 0.717) is 18.2 Å². The monoisotopic (exact) mass is 401 g/mol. The van der Waals surface area contributed by atoms with Gasteiger partial charge in [-0.15, -0.1) is 0 Å². The molecule has 1 atom stereocenters. The highest BCUT2D eigenvalue weighted by Crippen LogP contribution is 2.29. The van der Waals surface area contributed by atoms with Crippen molar-refractivity contribution in [3.05, 3.63) is 59.1 Å². The summed E-state index contributed by atoms with van der Waals surface area (Å²) in [6.07, 6.45) is 0. The molecule has 0 aliphatic carbocycles. The lowest BCUT2D eigenvalue weighted by Crippen LogP contribution is -2.54. The summed E-state index contributed by atoms with van der Waals surface area (Å²) in [5.41, 5.74) is 2.06. The van der Waals surface area contributed by atoms with Crippen LogP contribution < -0.4 is 15.0 Å². The number of nitrogens with one attached hydrogen (secondary N) is 1. The largest absolute Gasteiger partial charge is 0.492 e. The lowest BCUT2D eigenvalue weighted by atomic mass is 10.1. The number of benzene rings is 2. The van der Waals surface area contributed by atoms with Gasteiger partial charge < -0.3 is 15.0 Å². The van der Waals surface area contributed by atoms with Crippen LogP contribution in [0.5, 0.6) is 5.75 Å². The van der Waals surface area contributed by atoms with Crippen LogP contribution in [0.4, 0.5) is 5.69 Å². The van der Waals surface area contributed by atoms with Crippen molar-refractivity contribution >= 4 is 23.2 Å². The van der Waals surface area contributed by atoms with Crippen LogP contribution >= 0.6 is 11.6 Å². The van der Waals surface area contributed by atoms with Crippen LogP contribution in [0.3, 0.4) is 0 Å². The number of nitrogens with zero attached hydrogens (tertiary/aromatic N) is 2. The zero-order valence-corrected chi connectivity index (χ0v) is 17.3. The van der Waals surface area contributed by atoms with E-state index in [1.54, 1.807) is 0 Å². The molecule has 2 aromatic carbocycles. The summed E-state index contributed by atoms with van der Waals surface area (Å²) >= 11 is 6.17. The zero-order valence-electron chi connectivity index (χ0n) is 16.5. The first-order chi connectivity index (χ1) is 13.6. The van der Waals surface area contributed by atoms with Gasteiger partial charge in [0.05, 0.1) is 18.3 Å². The molecule has 0 spiro atoms. The molecule has 0 saturated carbocycles. The molecule has 6 heteroatoms. The summed E-state index contributed by atoms with van der Waals surface area (Å²) in [6.45, 7) is 8.47. The van der Waals surface area contributed by atoms with Crippen molar-refractivity contribution in [1.29, 1.82) is 0 Å². The molecule has 0 aromatic heterocycles. The predicted octanol–water partition coefficient (Wildman–Crippen LogP) is 3.57. The Morgan fingerprint density at radius 3 is 2.50 bits per heavy atom. The van der Waals surface area contributed by atoms with Gasteiger partial charge in [0.15, 0.2) is 0 Å². The lowest BCUT2D eigenvalue weighted by Gasteiger charge is -2.39. The Labute approximate surface area is 172 Å². The van der Waals surface area contributed by atoms with Gasteiger partial charge in [0.1, 0.15) is 5.75 Å². The Hall–Kier alpha value is -2.24. The zero-order chi connectivity index (χ0) is 19.9. The maximum Gasteiger partial charge on any atom is 0.237 e. The summed E-state index contributed by atoms with van der Waals surface area (Å²) in [5, 5.41) is 3.68. The van der Waals surface area contributed by atoms with Gasteiger partial charge in [0.2, 0.25) is 5.91 Å². The average molecular weight is 402 g/mol. The minimum absolute atomic E-state index is 0.0306. The number of rotatable bonds is 7. The average Bonchev–Trinajstić information content (AvgIpc) is 2.73. The fourth-order valence-corrected chi connectivity index (χ4v) is 3.69. The highest BCUT2D eigenvalue weighted by Gasteiger charge is 2.26. The maximum atomic E-state index is 12.6. The summed E-state index contributed by atoms with van der Waals surface area (Å²) in [4.78, 5) is 17.1. The van der Waals surface area contributed by atoms with E-state index in [9.17, 15) is 4.79 Å². The SMILES string of the molecule is CCOc1ccccc1N1CCN([C@@H](C)C(=O)NCc2ccccc2Cl)CC1. The van der Waals surface area contributed by atoms with Crippen LogP contribution in [0.2, 0.25) is 5.02 Å². The van der Waals surface area contributed by atoms with Crippen molar-refractivity contribution in [2.75, 3.05) is 37.7 Å². The molecule has 1 heterocycles. The first-order valence-corrected chi connectivity index (χ1v) is 10.2. The standard InChI is InChI=1S/C22H28ClN3O2/c1-3-28-21-11-7-6-10-20(21)26-14-12-25(13-15-26)17(2)22(27)24-16-18-8-4-5-9-19(18)23/h4-11,17H,3,12-16H2,1-2H3,(H,24,27)/t17-/m0/s1. The van der Waals surface area contributed by atoms with Gasteiger partial charge in [-0.1, -0.05) is 41.9 Å². The number of para-hydroxylation sites is 2. The van der Waals surface area contributed by atoms with Gasteiger partial charge in [-0.05, 0) is 37.6 Å². The van der Waals surface area contributed by atoms with Crippen LogP contribution in [-0.2, 0) is 11.3 Å². The fourth-order valence-electron chi connectivity index (χ4n) is 3.48. The van der Waals surface area contributed by atoms with Gasteiger partial charge in [-0.25, -0.2) is 0 Å². The molecule has 5 nitrogen and oxygen atoms in total. The summed E-state index contributed by atoms with van der Waals surface area (Å²) < 4.78 is 5.76. The van der Waals surface area contributed by atoms with Crippen LogP contribution in [0.1, 0.15) is 19.4 Å². The Kier molecular flexibility index (Phi) is 7.18. The summed E-state index contributed by atoms with van der Waals surface area (Å²) in [5.74, 6) is 0.951. The molecular formula is C22H28ClN3O2. The van der Waals surface area contributed by atoms with Gasteiger partial charge in [0.25, 0.3) is 0 Å². The van der Waals surface area contributed by atoms with E-state index in [1.807, 2.05) is 56.3 Å². The molecule has 3 rings (SSSR count). The van der Waals surface area contributed by atoms with E-state index in [4.69, 9.17) is 16.3 Å². The highest BCUT2D eigenvalue weighted by atomic mass is 35.5. The first kappa shape index (κ1) is 20.5. The molecule has 1 aliphatic rings. The van der Waals surface area contributed by atoms with E-state index in [2.05, 4.69) is 21.2 Å². The van der Waals surface area contributed by atoms with E-state index < -0.39 is 0 Å². The molecule has 2 aromatic rings. The molecular weight excluding hydrogens is 374 g/mol. The molecule has 150 valence electrons. The third-order valence-corrected chi connectivity index (χ3v) is 5.53. The number of carbonyl (C=O) groups excluding carboxylic acids is 1. The second kappa shape index (κ2) is 9.80. The van der Waals surface area contributed by atoms with Gasteiger partial charge in [-0.2, -0.15) is 0 Å². The van der Waals surface area contributed by atoms with Crippen LogP contribution in [-0.4, -0.2) is 49.6 Å². The smallest absolute Gasteiger partial charge is 0.237 e. The van der Waals surface area contributed by atoms with Crippen molar-refractivity contribution in [2.45, 2.75) is 26.4 Å². The Morgan fingerprint density at radius 1 is 1.11 bits per heavy atom. The number of ether oxygens (including phenoxy) is 1. The molecule has 1 N–H and O–H groups in total. The molecule has 0 radical (unpaired) electrons. The number of halogens is 1. The second-order valence-corrected chi connectivity index (χ2v) is 7.32. The third kappa shape index (κ3) is 4.97. The van der Waals surface area contributed by atoms with Gasteiger partial charge >= 0.3 is 0 Å². The molecule has 1 amide bonds. The lowest BCUT2D eigenvalue weighted by molar-refractivity contribution is -0.126. The maximum absolute atomic E-state index is 12.6. The molecule has 1 saturated heterocycles. The summed E-state index contributed by atoms with van der Waals surface area (Å²) in [6, 6.07) is 15.6. The molecule has 0 unspecified atom stereocenters. The van der Waals surface area contributed by atoms with Gasteiger partial charge in [-0.3, -0.25) is 9.69 Å². The minimum Gasteiger partial charge on any atom is -0.492 e. The number of piperazine rings is 1. The molecule has 28 heavy (non-hydrogen) atoms. The number of amides is 1. The van der Waals surface area contributed by atoms with E-state index in [0.717, 1.165) is 43.2 Å². The molecule has 1 aliphatic heterocycles. The third-order valence-electron chi connectivity index (χ3n) is 5.16. The number of hydrogen-bond donors (Lipinski definition) is 1. The highest BCUT2D eigenvalue weighted by molar-refractivity contribution is 6.31. The van der Waals surface area contributed by atoms with Crippen molar-refractivity contribution in [1.82, 2.24) is 10.2 Å². The number of hydrogen-bond acceptors (Lipinski definition) is 4. The first-order valence-electron chi connectivity index (χ1n) is 9.82. The van der Waals surface area contributed by atoms with E-state index >= 15 is 0 Å². The molecule has 0 bridgehead atoms. The Morgan fingerprint density at radius 2 is 1.79 bits per heavy atom. The number of carbonyl (C=O) groups is 1. The van der Waals surface area contributed by atoms with Crippen LogP contribution in [0.25, 0.3) is 0 Å². The van der Waals surface area contributed by atoms with Crippen LogP contribution in [0, 0.1) is 0 Å².